The molecule has 0 aromatic rings. The number of piperazine rings is 1. The van der Waals surface area contributed by atoms with E-state index in [1.165, 1.54) is 7.11 Å². The number of hydrogen-bond donors (Lipinski definition) is 1. The number of carbonyl (C=O) groups is 3. The van der Waals surface area contributed by atoms with Gasteiger partial charge in [0.25, 0.3) is 0 Å². The first-order valence-corrected chi connectivity index (χ1v) is 6.18. The molecule has 2 amide bonds. The molecule has 1 N–H and O–H groups in total. The first kappa shape index (κ1) is 14.6. The van der Waals surface area contributed by atoms with Gasteiger partial charge in [0.2, 0.25) is 11.8 Å². The van der Waals surface area contributed by atoms with E-state index >= 15 is 0 Å². The largest absolute Gasteiger partial charge is 0.468 e. The minimum absolute atomic E-state index is 0.0520. The Morgan fingerprint density at radius 3 is 2.78 bits per heavy atom. The molecular weight excluding hydrogens is 236 g/mol. The van der Waals surface area contributed by atoms with E-state index < -0.39 is 18.1 Å². The summed E-state index contributed by atoms with van der Waals surface area (Å²) in [6.45, 7) is 3.76. The Hall–Kier alpha value is -1.43. The smallest absolute Gasteiger partial charge is 0.323 e. The van der Waals surface area contributed by atoms with Gasteiger partial charge in [-0.3, -0.25) is 24.6 Å². The zero-order chi connectivity index (χ0) is 13.7. The number of carbonyl (C=O) groups excluding carboxylic acids is 3. The number of nitrogens with zero attached hydrogens (tertiary/aromatic N) is 1. The van der Waals surface area contributed by atoms with Crippen LogP contribution >= 0.6 is 0 Å². The van der Waals surface area contributed by atoms with E-state index in [-0.39, 0.29) is 18.4 Å². The number of unbranched alkanes of at least 4 members (excludes halogenated alkanes) is 1. The highest BCUT2D eigenvalue weighted by atomic mass is 16.5. The highest BCUT2D eigenvalue weighted by Crippen LogP contribution is 2.16. The second-order valence-electron chi connectivity index (χ2n) is 4.44. The van der Waals surface area contributed by atoms with Crippen LogP contribution in [0.5, 0.6) is 0 Å². The van der Waals surface area contributed by atoms with E-state index in [1.54, 1.807) is 11.8 Å². The van der Waals surface area contributed by atoms with Crippen molar-refractivity contribution in [2.75, 3.05) is 13.7 Å². The molecule has 1 saturated heterocycles. The zero-order valence-electron chi connectivity index (χ0n) is 11.1. The lowest BCUT2D eigenvalue weighted by Crippen LogP contribution is -2.61. The molecule has 102 valence electrons. The van der Waals surface area contributed by atoms with E-state index in [1.807, 2.05) is 6.92 Å². The van der Waals surface area contributed by atoms with Gasteiger partial charge in [-0.25, -0.2) is 0 Å². The summed E-state index contributed by atoms with van der Waals surface area (Å²) in [5.41, 5.74) is 0. The van der Waals surface area contributed by atoms with Crippen LogP contribution < -0.4 is 5.32 Å². The third-order valence-corrected chi connectivity index (χ3v) is 3.17. The van der Waals surface area contributed by atoms with Crippen LogP contribution in [0.2, 0.25) is 0 Å². The minimum Gasteiger partial charge on any atom is -0.468 e. The summed E-state index contributed by atoms with van der Waals surface area (Å²) in [6.07, 6.45) is 2.38. The first-order chi connectivity index (χ1) is 8.51. The third-order valence-electron chi connectivity index (χ3n) is 3.17. The number of esters is 1. The Morgan fingerprint density at radius 2 is 2.22 bits per heavy atom. The number of imide groups is 1. The second-order valence-corrected chi connectivity index (χ2v) is 4.44. The number of hydrogen-bond acceptors (Lipinski definition) is 5. The molecule has 0 aliphatic carbocycles. The Bertz CT molecular complexity index is 343. The summed E-state index contributed by atoms with van der Waals surface area (Å²) in [6, 6.07) is -1.02. The Kier molecular flexibility index (Phi) is 5.27. The molecule has 1 rings (SSSR count). The van der Waals surface area contributed by atoms with Gasteiger partial charge in [0.1, 0.15) is 6.04 Å². The second kappa shape index (κ2) is 6.49. The van der Waals surface area contributed by atoms with Crippen molar-refractivity contribution < 1.29 is 19.1 Å². The molecule has 18 heavy (non-hydrogen) atoms. The zero-order valence-corrected chi connectivity index (χ0v) is 11.1. The normalized spacial score (nSPS) is 22.5. The average Bonchev–Trinajstić information content (AvgIpc) is 2.34. The first-order valence-electron chi connectivity index (χ1n) is 6.18. The molecule has 1 heterocycles. The Labute approximate surface area is 107 Å². The van der Waals surface area contributed by atoms with Crippen molar-refractivity contribution in [1.29, 1.82) is 0 Å². The highest BCUT2D eigenvalue weighted by Gasteiger charge is 2.38. The van der Waals surface area contributed by atoms with Gasteiger partial charge in [-0.1, -0.05) is 19.8 Å². The number of ether oxygens (including phenoxy) is 1. The van der Waals surface area contributed by atoms with Gasteiger partial charge in [0.05, 0.1) is 19.7 Å². The fraction of sp³-hybridized carbons (Fsp3) is 0.750. The van der Waals surface area contributed by atoms with Gasteiger partial charge in [-0.15, -0.1) is 0 Å². The van der Waals surface area contributed by atoms with E-state index in [4.69, 9.17) is 4.74 Å². The summed E-state index contributed by atoms with van der Waals surface area (Å²) in [7, 11) is 1.32. The van der Waals surface area contributed by atoms with Crippen LogP contribution in [-0.4, -0.2) is 48.4 Å². The van der Waals surface area contributed by atoms with Crippen molar-refractivity contribution in [3.05, 3.63) is 0 Å². The maximum atomic E-state index is 11.8. The van der Waals surface area contributed by atoms with Gasteiger partial charge >= 0.3 is 5.97 Å². The van der Waals surface area contributed by atoms with Crippen molar-refractivity contribution in [3.8, 4) is 0 Å². The molecular formula is C12H20N2O4. The molecule has 1 aliphatic rings. The molecule has 0 spiro atoms. The van der Waals surface area contributed by atoms with Gasteiger partial charge < -0.3 is 4.74 Å². The maximum Gasteiger partial charge on any atom is 0.323 e. The molecule has 0 bridgehead atoms. The van der Waals surface area contributed by atoms with Crippen LogP contribution in [0.15, 0.2) is 0 Å². The molecule has 6 heteroatoms. The van der Waals surface area contributed by atoms with Gasteiger partial charge in [0, 0.05) is 0 Å². The standard InChI is InChI=1S/C12H20N2O4/c1-4-5-6-9(12(17)18-3)14-7-10(15)13-11(16)8(14)2/h8-9H,4-7H2,1-3H3,(H,13,15,16). The lowest BCUT2D eigenvalue weighted by Gasteiger charge is -2.36. The lowest BCUT2D eigenvalue weighted by molar-refractivity contribution is -0.152. The number of nitrogens with one attached hydrogen (secondary N) is 1. The SMILES string of the molecule is CCCCC(C(=O)OC)N1CC(=O)NC(=O)C1C. The number of rotatable bonds is 5. The van der Waals surface area contributed by atoms with Crippen molar-refractivity contribution in [2.24, 2.45) is 0 Å². The molecule has 1 aliphatic heterocycles. The minimum atomic E-state index is -0.528. The Balaban J connectivity index is 2.84. The van der Waals surface area contributed by atoms with Crippen LogP contribution in [0.3, 0.4) is 0 Å². The quantitative estimate of drug-likeness (QED) is 0.556. The van der Waals surface area contributed by atoms with E-state index in [2.05, 4.69) is 5.32 Å². The summed E-state index contributed by atoms with van der Waals surface area (Å²) < 4.78 is 4.76. The number of amides is 2. The third kappa shape index (κ3) is 3.29. The monoisotopic (exact) mass is 256 g/mol. The van der Waals surface area contributed by atoms with Crippen LogP contribution in [0.4, 0.5) is 0 Å². The maximum absolute atomic E-state index is 11.8. The number of methoxy groups -OCH3 is 1. The van der Waals surface area contributed by atoms with E-state index in [0.717, 1.165) is 12.8 Å². The topological polar surface area (TPSA) is 75.7 Å². The van der Waals surface area contributed by atoms with Gasteiger partial charge in [-0.05, 0) is 13.3 Å². The average molecular weight is 256 g/mol. The predicted octanol–water partition coefficient (Wildman–Crippen LogP) is 0.0651. The molecule has 2 atom stereocenters. The van der Waals surface area contributed by atoms with Crippen LogP contribution in [-0.2, 0) is 19.1 Å². The van der Waals surface area contributed by atoms with Crippen LogP contribution in [0.25, 0.3) is 0 Å². The molecule has 0 radical (unpaired) electrons. The summed E-state index contributed by atoms with van der Waals surface area (Å²) >= 11 is 0. The molecule has 0 aromatic heterocycles. The summed E-state index contributed by atoms with van der Waals surface area (Å²) in [5, 5.41) is 2.26. The molecule has 2 unspecified atom stereocenters. The lowest BCUT2D eigenvalue weighted by atomic mass is 10.0. The van der Waals surface area contributed by atoms with Gasteiger partial charge in [-0.2, -0.15) is 0 Å². The van der Waals surface area contributed by atoms with Gasteiger partial charge in [0.15, 0.2) is 0 Å². The van der Waals surface area contributed by atoms with Crippen LogP contribution in [0, 0.1) is 0 Å². The van der Waals surface area contributed by atoms with Crippen molar-refractivity contribution in [1.82, 2.24) is 10.2 Å². The van der Waals surface area contributed by atoms with Crippen LogP contribution in [0.1, 0.15) is 33.1 Å². The predicted molar refractivity (Wildman–Crippen MR) is 64.6 cm³/mol. The molecule has 0 saturated carbocycles. The van der Waals surface area contributed by atoms with E-state index in [0.29, 0.717) is 6.42 Å². The molecule has 6 nitrogen and oxygen atoms in total. The van der Waals surface area contributed by atoms with E-state index in [9.17, 15) is 14.4 Å². The molecule has 0 aromatic carbocycles. The van der Waals surface area contributed by atoms with Crippen molar-refractivity contribution >= 4 is 17.8 Å². The molecule has 1 fully saturated rings. The Morgan fingerprint density at radius 1 is 1.56 bits per heavy atom. The summed E-state index contributed by atoms with van der Waals surface area (Å²) in [4.78, 5) is 36.4. The fourth-order valence-corrected chi connectivity index (χ4v) is 2.07. The summed E-state index contributed by atoms with van der Waals surface area (Å²) in [5.74, 6) is -1.13. The fourth-order valence-electron chi connectivity index (χ4n) is 2.07. The van der Waals surface area contributed by atoms with Crippen molar-refractivity contribution in [3.63, 3.8) is 0 Å². The van der Waals surface area contributed by atoms with Crippen molar-refractivity contribution in [2.45, 2.75) is 45.2 Å². The highest BCUT2D eigenvalue weighted by molar-refractivity contribution is 6.01.